The Labute approximate surface area is 122 Å². The van der Waals surface area contributed by atoms with Gasteiger partial charge < -0.3 is 10.5 Å². The first-order valence-electron chi connectivity index (χ1n) is 7.83. The van der Waals surface area contributed by atoms with Crippen LogP contribution in [0.25, 0.3) is 0 Å². The number of nitrogens with zero attached hydrogens (tertiary/aromatic N) is 1. The van der Waals surface area contributed by atoms with E-state index in [-0.39, 0.29) is 6.04 Å². The van der Waals surface area contributed by atoms with E-state index in [1.165, 1.54) is 36.0 Å². The summed E-state index contributed by atoms with van der Waals surface area (Å²) in [5.74, 6) is 0. The summed E-state index contributed by atoms with van der Waals surface area (Å²) in [6, 6.07) is 7.30. The molecule has 0 aromatic heterocycles. The number of fused-ring (bicyclic) bond motifs is 1. The Kier molecular flexibility index (Phi) is 4.11. The second-order valence-electron chi connectivity index (χ2n) is 6.37. The number of nitrogens with two attached hydrogens (primary N) is 1. The molecule has 0 amide bonds. The van der Waals surface area contributed by atoms with Gasteiger partial charge in [-0.3, -0.25) is 4.90 Å². The van der Waals surface area contributed by atoms with Crippen LogP contribution in [-0.2, 0) is 4.74 Å². The van der Waals surface area contributed by atoms with E-state index in [2.05, 4.69) is 36.9 Å². The van der Waals surface area contributed by atoms with E-state index in [0.29, 0.717) is 12.1 Å². The van der Waals surface area contributed by atoms with Crippen LogP contribution in [0.15, 0.2) is 18.2 Å². The molecular formula is C17H26N2O. The van der Waals surface area contributed by atoms with Crippen molar-refractivity contribution in [3.63, 3.8) is 0 Å². The molecule has 3 atom stereocenters. The molecule has 3 rings (SSSR count). The van der Waals surface area contributed by atoms with Crippen LogP contribution in [0.5, 0.6) is 0 Å². The standard InChI is InChI=1S/C17H26N2O/c1-12-6-7-14(13(2)10-12)15(18)11-19-8-9-20-17-5-3-4-16(17)19/h6-7,10,15-17H,3-5,8-9,11,18H2,1-2H3. The third-order valence-electron chi connectivity index (χ3n) is 4.85. The van der Waals surface area contributed by atoms with Crippen molar-refractivity contribution in [2.24, 2.45) is 5.73 Å². The average Bonchev–Trinajstić information content (AvgIpc) is 2.87. The maximum atomic E-state index is 6.48. The third-order valence-corrected chi connectivity index (χ3v) is 4.85. The van der Waals surface area contributed by atoms with Gasteiger partial charge in [-0.05, 0) is 44.2 Å². The van der Waals surface area contributed by atoms with Crippen LogP contribution >= 0.6 is 0 Å². The number of rotatable bonds is 3. The van der Waals surface area contributed by atoms with Gasteiger partial charge in [0.15, 0.2) is 0 Å². The van der Waals surface area contributed by atoms with Crippen molar-refractivity contribution >= 4 is 0 Å². The van der Waals surface area contributed by atoms with Gasteiger partial charge in [-0.1, -0.05) is 23.8 Å². The molecule has 2 N–H and O–H groups in total. The monoisotopic (exact) mass is 274 g/mol. The summed E-state index contributed by atoms with van der Waals surface area (Å²) >= 11 is 0. The largest absolute Gasteiger partial charge is 0.375 e. The van der Waals surface area contributed by atoms with Crippen LogP contribution in [0, 0.1) is 13.8 Å². The van der Waals surface area contributed by atoms with Gasteiger partial charge in [0.25, 0.3) is 0 Å². The first-order chi connectivity index (χ1) is 9.65. The minimum atomic E-state index is 0.106. The second kappa shape index (κ2) is 5.84. The van der Waals surface area contributed by atoms with Crippen LogP contribution in [0.4, 0.5) is 0 Å². The zero-order valence-corrected chi connectivity index (χ0v) is 12.6. The lowest BCUT2D eigenvalue weighted by Crippen LogP contribution is -2.50. The van der Waals surface area contributed by atoms with E-state index in [0.717, 1.165) is 19.7 Å². The molecule has 1 aliphatic carbocycles. The predicted octanol–water partition coefficient (Wildman–Crippen LogP) is 2.56. The zero-order valence-electron chi connectivity index (χ0n) is 12.6. The molecule has 1 aromatic carbocycles. The maximum absolute atomic E-state index is 6.48. The smallest absolute Gasteiger partial charge is 0.0730 e. The van der Waals surface area contributed by atoms with Crippen LogP contribution in [0.2, 0.25) is 0 Å². The Morgan fingerprint density at radius 2 is 2.20 bits per heavy atom. The van der Waals surface area contributed by atoms with Crippen molar-refractivity contribution in [2.75, 3.05) is 19.7 Å². The molecule has 1 aromatic rings. The summed E-state index contributed by atoms with van der Waals surface area (Å²) < 4.78 is 5.88. The fourth-order valence-electron chi connectivity index (χ4n) is 3.83. The summed E-state index contributed by atoms with van der Waals surface area (Å²) in [5.41, 5.74) is 10.4. The van der Waals surface area contributed by atoms with E-state index < -0.39 is 0 Å². The molecule has 1 saturated carbocycles. The zero-order chi connectivity index (χ0) is 14.1. The Morgan fingerprint density at radius 1 is 1.35 bits per heavy atom. The average molecular weight is 274 g/mol. The Morgan fingerprint density at radius 3 is 3.00 bits per heavy atom. The van der Waals surface area contributed by atoms with Crippen molar-refractivity contribution in [3.8, 4) is 0 Å². The van der Waals surface area contributed by atoms with Crippen molar-refractivity contribution in [2.45, 2.75) is 51.3 Å². The van der Waals surface area contributed by atoms with Crippen LogP contribution in [-0.4, -0.2) is 36.7 Å². The van der Waals surface area contributed by atoms with Crippen LogP contribution in [0.1, 0.15) is 42.0 Å². The molecule has 3 nitrogen and oxygen atoms in total. The van der Waals surface area contributed by atoms with Crippen molar-refractivity contribution in [1.82, 2.24) is 4.90 Å². The first kappa shape index (κ1) is 14.1. The molecule has 2 aliphatic rings. The molecule has 3 heteroatoms. The van der Waals surface area contributed by atoms with Crippen molar-refractivity contribution < 1.29 is 4.74 Å². The highest BCUT2D eigenvalue weighted by molar-refractivity contribution is 5.32. The van der Waals surface area contributed by atoms with Gasteiger partial charge in [0.1, 0.15) is 0 Å². The molecule has 0 spiro atoms. The van der Waals surface area contributed by atoms with E-state index in [1.807, 2.05) is 0 Å². The minimum Gasteiger partial charge on any atom is -0.375 e. The summed E-state index contributed by atoms with van der Waals surface area (Å²) in [4.78, 5) is 2.56. The van der Waals surface area contributed by atoms with Crippen molar-refractivity contribution in [1.29, 1.82) is 0 Å². The van der Waals surface area contributed by atoms with Crippen LogP contribution < -0.4 is 5.73 Å². The summed E-state index contributed by atoms with van der Waals surface area (Å²) in [6.07, 6.45) is 4.24. The number of ether oxygens (including phenoxy) is 1. The molecule has 3 unspecified atom stereocenters. The molecule has 0 radical (unpaired) electrons. The van der Waals surface area contributed by atoms with Gasteiger partial charge in [-0.25, -0.2) is 0 Å². The minimum absolute atomic E-state index is 0.106. The normalized spacial score (nSPS) is 28.4. The van der Waals surface area contributed by atoms with E-state index in [4.69, 9.17) is 10.5 Å². The fraction of sp³-hybridized carbons (Fsp3) is 0.647. The van der Waals surface area contributed by atoms with Crippen LogP contribution in [0.3, 0.4) is 0 Å². The van der Waals surface area contributed by atoms with E-state index in [9.17, 15) is 0 Å². The number of hydrogen-bond acceptors (Lipinski definition) is 3. The summed E-state index contributed by atoms with van der Waals surface area (Å²) in [6.45, 7) is 7.14. The highest BCUT2D eigenvalue weighted by atomic mass is 16.5. The molecule has 0 bridgehead atoms. The third kappa shape index (κ3) is 2.76. The molecule has 1 aliphatic heterocycles. The number of hydrogen-bond donors (Lipinski definition) is 1. The number of benzene rings is 1. The lowest BCUT2D eigenvalue weighted by atomic mass is 9.98. The predicted molar refractivity (Wildman–Crippen MR) is 81.8 cm³/mol. The molecule has 2 fully saturated rings. The highest BCUT2D eigenvalue weighted by Gasteiger charge is 2.36. The van der Waals surface area contributed by atoms with E-state index >= 15 is 0 Å². The van der Waals surface area contributed by atoms with Gasteiger partial charge in [0, 0.05) is 25.2 Å². The molecule has 1 saturated heterocycles. The first-order valence-corrected chi connectivity index (χ1v) is 7.83. The SMILES string of the molecule is Cc1ccc(C(N)CN2CCOC3CCCC32)c(C)c1. The number of aryl methyl sites for hydroxylation is 2. The lowest BCUT2D eigenvalue weighted by molar-refractivity contribution is -0.0572. The highest BCUT2D eigenvalue weighted by Crippen LogP contribution is 2.31. The summed E-state index contributed by atoms with van der Waals surface area (Å²) in [5, 5.41) is 0. The van der Waals surface area contributed by atoms with Crippen molar-refractivity contribution in [3.05, 3.63) is 34.9 Å². The molecular weight excluding hydrogens is 248 g/mol. The number of morpholine rings is 1. The topological polar surface area (TPSA) is 38.5 Å². The van der Waals surface area contributed by atoms with Gasteiger partial charge in [-0.2, -0.15) is 0 Å². The molecule has 1 heterocycles. The van der Waals surface area contributed by atoms with Gasteiger partial charge in [0.05, 0.1) is 12.7 Å². The Hall–Kier alpha value is -0.900. The van der Waals surface area contributed by atoms with Gasteiger partial charge >= 0.3 is 0 Å². The van der Waals surface area contributed by atoms with Gasteiger partial charge in [-0.15, -0.1) is 0 Å². The molecule has 20 heavy (non-hydrogen) atoms. The lowest BCUT2D eigenvalue weighted by Gasteiger charge is -2.39. The fourth-order valence-corrected chi connectivity index (χ4v) is 3.83. The van der Waals surface area contributed by atoms with E-state index in [1.54, 1.807) is 0 Å². The quantitative estimate of drug-likeness (QED) is 0.920. The van der Waals surface area contributed by atoms with Gasteiger partial charge in [0.2, 0.25) is 0 Å². The Bertz CT molecular complexity index is 474. The molecule has 110 valence electrons. The summed E-state index contributed by atoms with van der Waals surface area (Å²) in [7, 11) is 0. The maximum Gasteiger partial charge on any atom is 0.0730 e. The second-order valence-corrected chi connectivity index (χ2v) is 6.37. The Balaban J connectivity index is 1.70.